The van der Waals surface area contributed by atoms with Gasteiger partial charge in [0, 0.05) is 0 Å². The average molecular weight is 376 g/mol. The molecule has 4 rings (SSSR count). The van der Waals surface area contributed by atoms with Crippen molar-refractivity contribution in [2.75, 3.05) is 0 Å². The van der Waals surface area contributed by atoms with Gasteiger partial charge in [-0.1, -0.05) is 44.0 Å². The zero-order chi connectivity index (χ0) is 19.5. The summed E-state index contributed by atoms with van der Waals surface area (Å²) in [6, 6.07) is 14.6. The predicted octanol–water partition coefficient (Wildman–Crippen LogP) is 7.04. The quantitative estimate of drug-likeness (QED) is 0.562. The molecule has 2 aliphatic carbocycles. The van der Waals surface area contributed by atoms with E-state index < -0.39 is 0 Å². The number of benzene rings is 2. The van der Waals surface area contributed by atoms with Gasteiger partial charge in [-0.05, 0) is 97.1 Å². The number of hydrogen-bond donors (Lipinski definition) is 0. The molecule has 2 aromatic carbocycles. The summed E-state index contributed by atoms with van der Waals surface area (Å²) in [5.41, 5.74) is 5.27. The summed E-state index contributed by atoms with van der Waals surface area (Å²) in [5.74, 6) is 1.75. The number of nitrogens with zero attached hydrogens (tertiary/aromatic N) is 1. The summed E-state index contributed by atoms with van der Waals surface area (Å²) in [6.07, 6.45) is 11.0. The average Bonchev–Trinajstić information content (AvgIpc) is 2.74. The molecule has 0 radical (unpaired) electrons. The van der Waals surface area contributed by atoms with E-state index in [1.165, 1.54) is 49.7 Å². The summed E-state index contributed by atoms with van der Waals surface area (Å²) in [6.45, 7) is 2.30. The van der Waals surface area contributed by atoms with E-state index in [9.17, 15) is 4.39 Å². The number of rotatable bonds is 4. The Morgan fingerprint density at radius 2 is 1.61 bits per heavy atom. The monoisotopic (exact) mass is 375 g/mol. The van der Waals surface area contributed by atoms with Crippen LogP contribution < -0.4 is 0 Å². The Hall–Kier alpha value is -2.14. The van der Waals surface area contributed by atoms with Crippen molar-refractivity contribution < 1.29 is 4.39 Å². The van der Waals surface area contributed by atoms with Crippen molar-refractivity contribution in [2.24, 2.45) is 5.92 Å². The molecule has 0 bridgehead atoms. The van der Waals surface area contributed by atoms with Crippen LogP contribution in [0.2, 0.25) is 0 Å². The van der Waals surface area contributed by atoms with E-state index >= 15 is 0 Å². The lowest BCUT2D eigenvalue weighted by atomic mass is 9.76. The van der Waals surface area contributed by atoms with Crippen LogP contribution in [0, 0.1) is 23.1 Å². The molecule has 0 amide bonds. The Balaban J connectivity index is 1.42. The molecule has 1 saturated carbocycles. The van der Waals surface area contributed by atoms with Gasteiger partial charge >= 0.3 is 0 Å². The van der Waals surface area contributed by atoms with E-state index in [-0.39, 0.29) is 11.4 Å². The van der Waals surface area contributed by atoms with Crippen molar-refractivity contribution >= 4 is 0 Å². The van der Waals surface area contributed by atoms with Crippen molar-refractivity contribution in [1.29, 1.82) is 5.26 Å². The molecule has 2 aliphatic rings. The third-order valence-corrected chi connectivity index (χ3v) is 7.06. The second-order valence-corrected chi connectivity index (χ2v) is 8.83. The first-order valence-electron chi connectivity index (χ1n) is 11.0. The zero-order valence-corrected chi connectivity index (χ0v) is 16.9. The molecule has 0 saturated heterocycles. The van der Waals surface area contributed by atoms with Gasteiger partial charge in [-0.15, -0.1) is 0 Å². The van der Waals surface area contributed by atoms with Gasteiger partial charge < -0.3 is 0 Å². The third kappa shape index (κ3) is 4.00. The van der Waals surface area contributed by atoms with Crippen LogP contribution in [0.15, 0.2) is 36.4 Å². The fourth-order valence-electron chi connectivity index (χ4n) is 5.38. The number of fused-ring (bicyclic) bond motifs is 1. The van der Waals surface area contributed by atoms with Crippen molar-refractivity contribution in [3.05, 3.63) is 70.0 Å². The minimum absolute atomic E-state index is 0.176. The molecule has 0 N–H and O–H groups in total. The highest BCUT2D eigenvalue weighted by Crippen LogP contribution is 2.39. The van der Waals surface area contributed by atoms with E-state index in [4.69, 9.17) is 5.26 Å². The molecule has 146 valence electrons. The first-order chi connectivity index (χ1) is 13.7. The van der Waals surface area contributed by atoms with Crippen LogP contribution in [-0.4, -0.2) is 0 Å². The molecular formula is C26H30FN. The minimum atomic E-state index is -0.379. The summed E-state index contributed by atoms with van der Waals surface area (Å²) >= 11 is 0. The Bertz CT molecular complexity index is 853. The molecule has 0 aromatic heterocycles. The first kappa shape index (κ1) is 19.2. The molecule has 0 spiro atoms. The smallest absolute Gasteiger partial charge is 0.141 e. The Morgan fingerprint density at radius 1 is 0.929 bits per heavy atom. The van der Waals surface area contributed by atoms with Crippen LogP contribution >= 0.6 is 0 Å². The van der Waals surface area contributed by atoms with E-state index in [0.717, 1.165) is 42.2 Å². The van der Waals surface area contributed by atoms with Gasteiger partial charge in [-0.2, -0.15) is 5.26 Å². The van der Waals surface area contributed by atoms with Crippen molar-refractivity contribution in [2.45, 2.75) is 76.5 Å². The number of hydrogen-bond acceptors (Lipinski definition) is 1. The molecule has 0 aliphatic heterocycles. The van der Waals surface area contributed by atoms with Crippen molar-refractivity contribution in [3.8, 4) is 6.07 Å². The SMILES string of the molecule is CCCC1CCC(c2ccc(C3CCc4cc(C#N)c(F)cc4C3)cc2)CC1. The first-order valence-corrected chi connectivity index (χ1v) is 11.0. The standard InChI is InChI=1S/C26H30FN/c1-2-3-18-4-6-19(7-5-18)20-8-10-21(11-9-20)22-12-13-23-15-25(17-28)26(27)16-24(23)14-22/h8-11,15-16,18-19,22H,2-7,12-14H2,1H3. The van der Waals surface area contributed by atoms with Crippen LogP contribution in [0.1, 0.15) is 91.5 Å². The molecule has 1 unspecified atom stereocenters. The molecule has 0 heterocycles. The fourth-order valence-corrected chi connectivity index (χ4v) is 5.38. The molecule has 28 heavy (non-hydrogen) atoms. The second kappa shape index (κ2) is 8.48. The van der Waals surface area contributed by atoms with Gasteiger partial charge in [0.1, 0.15) is 11.9 Å². The molecule has 1 fully saturated rings. The topological polar surface area (TPSA) is 23.8 Å². The van der Waals surface area contributed by atoms with Gasteiger partial charge in [0.2, 0.25) is 0 Å². The van der Waals surface area contributed by atoms with Crippen LogP contribution in [0.4, 0.5) is 4.39 Å². The fraction of sp³-hybridized carbons (Fsp3) is 0.500. The lowest BCUT2D eigenvalue weighted by Crippen LogP contribution is -2.15. The van der Waals surface area contributed by atoms with Gasteiger partial charge in [0.05, 0.1) is 5.56 Å². The van der Waals surface area contributed by atoms with Crippen LogP contribution in [0.3, 0.4) is 0 Å². The maximum Gasteiger partial charge on any atom is 0.141 e. The van der Waals surface area contributed by atoms with Gasteiger partial charge in [0.15, 0.2) is 0 Å². The number of nitriles is 1. The largest absolute Gasteiger partial charge is 0.206 e. The Labute approximate surface area is 168 Å². The van der Waals surface area contributed by atoms with E-state index in [0.29, 0.717) is 5.92 Å². The summed E-state index contributed by atoms with van der Waals surface area (Å²) < 4.78 is 14.0. The molecule has 1 nitrogen and oxygen atoms in total. The second-order valence-electron chi connectivity index (χ2n) is 8.83. The predicted molar refractivity (Wildman–Crippen MR) is 112 cm³/mol. The van der Waals surface area contributed by atoms with Crippen LogP contribution in [0.5, 0.6) is 0 Å². The summed E-state index contributed by atoms with van der Waals surface area (Å²) in [5, 5.41) is 9.03. The highest BCUT2D eigenvalue weighted by molar-refractivity contribution is 5.42. The molecule has 2 heteroatoms. The highest BCUT2D eigenvalue weighted by Gasteiger charge is 2.24. The van der Waals surface area contributed by atoms with Crippen LogP contribution in [0.25, 0.3) is 0 Å². The normalized spacial score (nSPS) is 24.4. The molecule has 1 atom stereocenters. The van der Waals surface area contributed by atoms with E-state index in [1.54, 1.807) is 12.1 Å². The van der Waals surface area contributed by atoms with E-state index in [2.05, 4.69) is 31.2 Å². The number of halogens is 1. The number of aryl methyl sites for hydroxylation is 1. The maximum atomic E-state index is 14.0. The Morgan fingerprint density at radius 3 is 2.25 bits per heavy atom. The summed E-state index contributed by atoms with van der Waals surface area (Å²) in [4.78, 5) is 0. The van der Waals surface area contributed by atoms with Gasteiger partial charge in [-0.3, -0.25) is 0 Å². The summed E-state index contributed by atoms with van der Waals surface area (Å²) in [7, 11) is 0. The maximum absolute atomic E-state index is 14.0. The Kier molecular flexibility index (Phi) is 5.81. The van der Waals surface area contributed by atoms with E-state index in [1.807, 2.05) is 6.07 Å². The highest BCUT2D eigenvalue weighted by atomic mass is 19.1. The van der Waals surface area contributed by atoms with Crippen molar-refractivity contribution in [3.63, 3.8) is 0 Å². The molecule has 2 aromatic rings. The van der Waals surface area contributed by atoms with Gasteiger partial charge in [-0.25, -0.2) is 4.39 Å². The molecular weight excluding hydrogens is 345 g/mol. The lowest BCUT2D eigenvalue weighted by molar-refractivity contribution is 0.308. The van der Waals surface area contributed by atoms with Crippen molar-refractivity contribution in [1.82, 2.24) is 0 Å². The zero-order valence-electron chi connectivity index (χ0n) is 16.9. The lowest BCUT2D eigenvalue weighted by Gasteiger charge is -2.29. The minimum Gasteiger partial charge on any atom is -0.206 e. The van der Waals surface area contributed by atoms with Crippen LogP contribution in [-0.2, 0) is 12.8 Å². The third-order valence-electron chi connectivity index (χ3n) is 7.06. The van der Waals surface area contributed by atoms with Gasteiger partial charge in [0.25, 0.3) is 0 Å².